The minimum atomic E-state index is 0. The summed E-state index contributed by atoms with van der Waals surface area (Å²) in [6.45, 7) is 0. The Morgan fingerprint density at radius 2 is 2.40 bits per heavy atom. The molecule has 0 radical (unpaired) electrons. The van der Waals surface area contributed by atoms with Gasteiger partial charge in [-0.05, 0) is 0 Å². The molecular weight excluding hydrogens is 195 g/mol. The van der Waals surface area contributed by atoms with Crippen molar-refractivity contribution in [3.63, 3.8) is 0 Å². The van der Waals surface area contributed by atoms with E-state index in [9.17, 15) is 0 Å². The Morgan fingerprint density at radius 1 is 1.80 bits per heavy atom. The molecule has 0 bridgehead atoms. The van der Waals surface area contributed by atoms with Crippen molar-refractivity contribution in [2.45, 2.75) is 4.21 Å². The molecule has 0 saturated carbocycles. The van der Waals surface area contributed by atoms with Gasteiger partial charge in [-0.1, -0.05) is 23.8 Å². The van der Waals surface area contributed by atoms with Crippen molar-refractivity contribution in [3.8, 4) is 6.07 Å². The first-order valence-electron chi connectivity index (χ1n) is 2.06. The van der Waals surface area contributed by atoms with Crippen molar-refractivity contribution in [2.75, 3.05) is 0 Å². The van der Waals surface area contributed by atoms with E-state index in [0.29, 0.717) is 14.4 Å². The van der Waals surface area contributed by atoms with E-state index >= 15 is 0 Å². The van der Waals surface area contributed by atoms with Gasteiger partial charge >= 0.3 is 29.6 Å². The molecule has 0 saturated heterocycles. The number of H-pyrrole nitrogens is 1. The first-order chi connectivity index (χ1) is 4.25. The summed E-state index contributed by atoms with van der Waals surface area (Å²) < 4.78 is 3.88. The maximum absolute atomic E-state index is 8.41. The van der Waals surface area contributed by atoms with Crippen LogP contribution in [0.1, 0.15) is 6.99 Å². The van der Waals surface area contributed by atoms with Gasteiger partial charge in [0.25, 0.3) is 0 Å². The average molecular weight is 198 g/mol. The number of aromatic amines is 1. The van der Waals surface area contributed by atoms with Gasteiger partial charge in [0.2, 0.25) is 0 Å². The van der Waals surface area contributed by atoms with E-state index in [0.717, 1.165) is 0 Å². The van der Waals surface area contributed by atoms with E-state index in [1.165, 1.54) is 11.5 Å². The third-order valence-electron chi connectivity index (χ3n) is 0.793. The molecule has 10 heavy (non-hydrogen) atoms. The molecule has 0 amide bonds. The fourth-order valence-electron chi connectivity index (χ4n) is 0.392. The summed E-state index contributed by atoms with van der Waals surface area (Å²) in [7, 11) is 0. The Kier molecular flexibility index (Phi) is 4.86. The molecule has 1 heterocycles. The van der Waals surface area contributed by atoms with Crippen LogP contribution in [0.4, 0.5) is 0 Å². The summed E-state index contributed by atoms with van der Waals surface area (Å²) in [5.41, 5.74) is 0.471. The molecule has 0 fully saturated rings. The smallest absolute Gasteiger partial charge is 1.00 e. The standard InChI is InChI=1S/C4H2N2S3.Na.H/c5-1-2-3(7)6-9-4(2)8;;/h8H,(H,6,7);;/q;+1;-1. The number of nitriles is 1. The van der Waals surface area contributed by atoms with Crippen LogP contribution in [0.5, 0.6) is 0 Å². The predicted octanol–water partition coefficient (Wildman–Crippen LogP) is -0.917. The van der Waals surface area contributed by atoms with Crippen molar-refractivity contribution >= 4 is 36.4 Å². The Balaban J connectivity index is 0. The molecule has 0 aliphatic carbocycles. The average Bonchev–Trinajstić information content (AvgIpc) is 2.12. The summed E-state index contributed by atoms with van der Waals surface area (Å²) in [4.78, 5) is 0. The number of nitrogens with zero attached hydrogens (tertiary/aromatic N) is 1. The summed E-state index contributed by atoms with van der Waals surface area (Å²) in [6, 6.07) is 1.94. The molecule has 0 unspecified atom stereocenters. The second-order valence-corrected chi connectivity index (χ2v) is 3.30. The van der Waals surface area contributed by atoms with Crippen molar-refractivity contribution in [1.29, 1.82) is 5.26 Å². The normalized spacial score (nSPS) is 8.00. The van der Waals surface area contributed by atoms with Crippen LogP contribution < -0.4 is 29.6 Å². The van der Waals surface area contributed by atoms with Gasteiger partial charge in [0.1, 0.15) is 16.3 Å². The largest absolute Gasteiger partial charge is 1.00 e. The van der Waals surface area contributed by atoms with Crippen LogP contribution in [0.15, 0.2) is 4.21 Å². The molecule has 0 atom stereocenters. The molecule has 6 heteroatoms. The van der Waals surface area contributed by atoms with Crippen molar-refractivity contribution in [1.82, 2.24) is 4.37 Å². The molecule has 1 aromatic heterocycles. The second-order valence-electron chi connectivity index (χ2n) is 1.33. The zero-order chi connectivity index (χ0) is 6.85. The SMILES string of the molecule is N#Cc1c(S)s[nH]c1=S.[H-].[Na+]. The molecule has 0 spiro atoms. The third-order valence-corrected chi connectivity index (χ3v) is 2.43. The van der Waals surface area contributed by atoms with Crippen LogP contribution in [0, 0.1) is 16.0 Å². The van der Waals surface area contributed by atoms with Gasteiger partial charge in [-0.25, -0.2) is 0 Å². The Morgan fingerprint density at radius 3 is 2.60 bits per heavy atom. The summed E-state index contributed by atoms with van der Waals surface area (Å²) in [5.74, 6) is 0. The fraction of sp³-hybridized carbons (Fsp3) is 0. The van der Waals surface area contributed by atoms with Crippen LogP contribution >= 0.6 is 36.4 Å². The maximum Gasteiger partial charge on any atom is 1.00 e. The van der Waals surface area contributed by atoms with E-state index < -0.39 is 0 Å². The van der Waals surface area contributed by atoms with Crippen molar-refractivity contribution in [2.24, 2.45) is 0 Å². The topological polar surface area (TPSA) is 39.6 Å². The molecule has 1 N–H and O–H groups in total. The quantitative estimate of drug-likeness (QED) is 0.322. The number of thiol groups is 1. The number of aromatic nitrogens is 1. The molecule has 2 nitrogen and oxygen atoms in total. The third kappa shape index (κ3) is 2.09. The van der Waals surface area contributed by atoms with Crippen LogP contribution in [0.2, 0.25) is 0 Å². The van der Waals surface area contributed by atoms with Crippen LogP contribution in [-0.4, -0.2) is 4.37 Å². The van der Waals surface area contributed by atoms with Gasteiger partial charge in [0.15, 0.2) is 0 Å². The van der Waals surface area contributed by atoms with Crippen LogP contribution in [0.25, 0.3) is 0 Å². The van der Waals surface area contributed by atoms with E-state index in [1.807, 2.05) is 6.07 Å². The first kappa shape index (κ1) is 10.7. The molecule has 48 valence electrons. The molecule has 1 aromatic rings. The summed E-state index contributed by atoms with van der Waals surface area (Å²) in [6.07, 6.45) is 0. The van der Waals surface area contributed by atoms with Gasteiger partial charge < -0.3 is 1.43 Å². The maximum atomic E-state index is 8.41. The number of nitrogens with one attached hydrogen (secondary N) is 1. The number of hydrogen-bond acceptors (Lipinski definition) is 4. The molecular formula is C4H3N2NaS3. The Hall–Kier alpha value is 0.690. The Bertz CT molecular complexity index is 312. The first-order valence-corrected chi connectivity index (χ1v) is 3.73. The van der Waals surface area contributed by atoms with Gasteiger partial charge in [0.05, 0.1) is 4.21 Å². The van der Waals surface area contributed by atoms with Gasteiger partial charge in [-0.3, -0.25) is 4.37 Å². The molecule has 1 rings (SSSR count). The number of hydrogen-bond donors (Lipinski definition) is 2. The summed E-state index contributed by atoms with van der Waals surface area (Å²) >= 11 is 10.0. The molecule has 0 aliphatic heterocycles. The van der Waals surface area contributed by atoms with Crippen LogP contribution in [0.3, 0.4) is 0 Å². The van der Waals surface area contributed by atoms with Crippen LogP contribution in [-0.2, 0) is 0 Å². The van der Waals surface area contributed by atoms with Crippen molar-refractivity contribution in [3.05, 3.63) is 10.2 Å². The Labute approximate surface area is 96.6 Å². The van der Waals surface area contributed by atoms with E-state index in [-0.39, 0.29) is 31.0 Å². The van der Waals surface area contributed by atoms with Gasteiger partial charge in [0, 0.05) is 0 Å². The zero-order valence-electron chi connectivity index (χ0n) is 6.21. The minimum Gasteiger partial charge on any atom is -1.00 e. The summed E-state index contributed by atoms with van der Waals surface area (Å²) in [5, 5.41) is 8.41. The number of rotatable bonds is 0. The van der Waals surface area contributed by atoms with E-state index in [4.69, 9.17) is 17.5 Å². The van der Waals surface area contributed by atoms with E-state index in [2.05, 4.69) is 17.0 Å². The fourth-order valence-corrected chi connectivity index (χ4v) is 1.65. The zero-order valence-corrected chi connectivity index (χ0v) is 9.74. The monoisotopic (exact) mass is 198 g/mol. The second kappa shape index (κ2) is 4.54. The van der Waals surface area contributed by atoms with Gasteiger partial charge in [-0.2, -0.15) is 5.26 Å². The minimum absolute atomic E-state index is 0. The predicted molar refractivity (Wildman–Crippen MR) is 42.6 cm³/mol. The molecule has 0 aromatic carbocycles. The van der Waals surface area contributed by atoms with Gasteiger partial charge in [-0.15, -0.1) is 12.6 Å². The van der Waals surface area contributed by atoms with Crippen molar-refractivity contribution < 1.29 is 31.0 Å². The van der Waals surface area contributed by atoms with E-state index in [1.54, 1.807) is 0 Å². The molecule has 0 aliphatic rings.